The molecule has 2 aliphatic heterocycles. The van der Waals surface area contributed by atoms with E-state index in [1.54, 1.807) is 30.0 Å². The molecule has 0 saturated carbocycles. The first-order chi connectivity index (χ1) is 12.4. The molecule has 144 valence electrons. The summed E-state index contributed by atoms with van der Waals surface area (Å²) >= 11 is 0. The van der Waals surface area contributed by atoms with Crippen LogP contribution in [0, 0.1) is 0 Å². The number of anilines is 1. The second-order valence-corrected chi connectivity index (χ2v) is 9.13. The van der Waals surface area contributed by atoms with Gasteiger partial charge in [0, 0.05) is 31.7 Å². The van der Waals surface area contributed by atoms with Gasteiger partial charge in [0.1, 0.15) is 0 Å². The molecule has 0 spiro atoms. The van der Waals surface area contributed by atoms with E-state index in [4.69, 9.17) is 0 Å². The Morgan fingerprint density at radius 2 is 1.88 bits per heavy atom. The monoisotopic (exact) mass is 379 g/mol. The van der Waals surface area contributed by atoms with Crippen molar-refractivity contribution in [3.05, 3.63) is 23.8 Å². The topological polar surface area (TPSA) is 69.7 Å². The van der Waals surface area contributed by atoms with E-state index < -0.39 is 10.0 Å². The third-order valence-corrected chi connectivity index (χ3v) is 6.86. The molecular weight excluding hydrogens is 350 g/mol. The number of hydrogen-bond donors (Lipinski definition) is 1. The van der Waals surface area contributed by atoms with Crippen LogP contribution in [-0.4, -0.2) is 51.4 Å². The van der Waals surface area contributed by atoms with Gasteiger partial charge in [0.25, 0.3) is 0 Å². The van der Waals surface area contributed by atoms with Crippen LogP contribution in [0.2, 0.25) is 0 Å². The zero-order valence-electron chi connectivity index (χ0n) is 15.7. The molecule has 1 aromatic rings. The number of carbonyl (C=O) groups is 1. The Morgan fingerprint density at radius 1 is 1.15 bits per heavy atom. The van der Waals surface area contributed by atoms with Gasteiger partial charge in [-0.2, -0.15) is 0 Å². The summed E-state index contributed by atoms with van der Waals surface area (Å²) in [4.78, 5) is 16.1. The summed E-state index contributed by atoms with van der Waals surface area (Å²) in [6, 6.07) is 5.28. The van der Waals surface area contributed by atoms with E-state index in [1.807, 2.05) is 0 Å². The zero-order valence-corrected chi connectivity index (χ0v) is 16.5. The van der Waals surface area contributed by atoms with Gasteiger partial charge in [-0.1, -0.05) is 6.42 Å². The van der Waals surface area contributed by atoms with Crippen molar-refractivity contribution in [1.29, 1.82) is 0 Å². The number of rotatable bonds is 5. The quantitative estimate of drug-likeness (QED) is 0.851. The highest BCUT2D eigenvalue weighted by atomic mass is 32.2. The number of fused-ring (bicyclic) bond motifs is 1. The number of aryl methyl sites for hydroxylation is 1. The molecule has 0 aromatic heterocycles. The Hall–Kier alpha value is -1.44. The molecule has 26 heavy (non-hydrogen) atoms. The maximum Gasteiger partial charge on any atom is 0.240 e. The number of sulfonamides is 1. The molecular formula is C19H29N3O3S. The minimum atomic E-state index is -3.55. The van der Waals surface area contributed by atoms with E-state index in [9.17, 15) is 13.2 Å². The Morgan fingerprint density at radius 3 is 2.58 bits per heavy atom. The summed E-state index contributed by atoms with van der Waals surface area (Å²) in [5.41, 5.74) is 1.77. The van der Waals surface area contributed by atoms with E-state index >= 15 is 0 Å². The van der Waals surface area contributed by atoms with Crippen LogP contribution in [0.25, 0.3) is 0 Å². The SMILES string of the molecule is CC(=O)N1CCCc2cc(S(=O)(=O)NCC(C)N3CCCCC3)ccc21. The van der Waals surface area contributed by atoms with E-state index in [2.05, 4.69) is 16.5 Å². The van der Waals surface area contributed by atoms with Gasteiger partial charge in [-0.25, -0.2) is 13.1 Å². The number of likely N-dealkylation sites (tertiary alicyclic amines) is 1. The molecule has 3 rings (SSSR count). The highest BCUT2D eigenvalue weighted by molar-refractivity contribution is 7.89. The number of nitrogens with zero attached hydrogens (tertiary/aromatic N) is 2. The molecule has 0 radical (unpaired) electrons. The van der Waals surface area contributed by atoms with E-state index in [0.717, 1.165) is 37.2 Å². The molecule has 1 atom stereocenters. The lowest BCUT2D eigenvalue weighted by molar-refractivity contribution is -0.116. The maximum atomic E-state index is 12.7. The summed E-state index contributed by atoms with van der Waals surface area (Å²) < 4.78 is 28.2. The first kappa shape index (κ1) is 19.3. The Kier molecular flexibility index (Phi) is 5.99. The molecule has 1 aromatic carbocycles. The van der Waals surface area contributed by atoms with Crippen molar-refractivity contribution in [3.8, 4) is 0 Å². The van der Waals surface area contributed by atoms with Crippen LogP contribution in [0.4, 0.5) is 5.69 Å². The van der Waals surface area contributed by atoms with Crippen LogP contribution < -0.4 is 9.62 Å². The average Bonchev–Trinajstić information content (AvgIpc) is 2.65. The van der Waals surface area contributed by atoms with Gasteiger partial charge in [0.2, 0.25) is 15.9 Å². The van der Waals surface area contributed by atoms with Crippen molar-refractivity contribution in [2.24, 2.45) is 0 Å². The number of benzene rings is 1. The molecule has 0 bridgehead atoms. The number of piperidine rings is 1. The summed E-state index contributed by atoms with van der Waals surface area (Å²) in [7, 11) is -3.55. The van der Waals surface area contributed by atoms with Crippen molar-refractivity contribution in [1.82, 2.24) is 9.62 Å². The van der Waals surface area contributed by atoms with Crippen LogP contribution >= 0.6 is 0 Å². The largest absolute Gasteiger partial charge is 0.312 e. The number of hydrogen-bond acceptors (Lipinski definition) is 4. The second kappa shape index (κ2) is 8.06. The lowest BCUT2D eigenvalue weighted by Crippen LogP contribution is -2.44. The molecule has 6 nitrogen and oxygen atoms in total. The standard InChI is InChI=1S/C19H29N3O3S/c1-15(21-10-4-3-5-11-21)14-20-26(24,25)18-8-9-19-17(13-18)7-6-12-22(19)16(2)23/h8-9,13,15,20H,3-7,10-12,14H2,1-2H3. The number of amides is 1. The maximum absolute atomic E-state index is 12.7. The van der Waals surface area contributed by atoms with Gasteiger partial charge in [-0.05, 0) is 69.5 Å². The fraction of sp³-hybridized carbons (Fsp3) is 0.632. The van der Waals surface area contributed by atoms with E-state index in [-0.39, 0.29) is 16.8 Å². The third kappa shape index (κ3) is 4.27. The average molecular weight is 380 g/mol. The molecule has 2 heterocycles. The Balaban J connectivity index is 1.70. The van der Waals surface area contributed by atoms with Crippen molar-refractivity contribution in [2.45, 2.75) is 56.9 Å². The Labute approximate surface area is 156 Å². The molecule has 1 amide bonds. The van der Waals surface area contributed by atoms with Crippen molar-refractivity contribution >= 4 is 21.6 Å². The molecule has 1 unspecified atom stereocenters. The van der Waals surface area contributed by atoms with Gasteiger partial charge in [0.15, 0.2) is 0 Å². The highest BCUT2D eigenvalue weighted by Crippen LogP contribution is 2.29. The third-order valence-electron chi connectivity index (χ3n) is 5.44. The predicted octanol–water partition coefficient (Wildman–Crippen LogP) is 2.14. The van der Waals surface area contributed by atoms with Crippen molar-refractivity contribution in [3.63, 3.8) is 0 Å². The smallest absolute Gasteiger partial charge is 0.240 e. The number of carbonyl (C=O) groups excluding carboxylic acids is 1. The van der Waals surface area contributed by atoms with Gasteiger partial charge in [-0.15, -0.1) is 0 Å². The van der Waals surface area contributed by atoms with Gasteiger partial charge in [-0.3, -0.25) is 9.69 Å². The predicted molar refractivity (Wildman–Crippen MR) is 103 cm³/mol. The molecule has 7 heteroatoms. The second-order valence-electron chi connectivity index (χ2n) is 7.36. The fourth-order valence-electron chi connectivity index (χ4n) is 3.87. The summed E-state index contributed by atoms with van der Waals surface area (Å²) in [6.45, 7) is 6.82. The van der Waals surface area contributed by atoms with Crippen LogP contribution in [0.5, 0.6) is 0 Å². The minimum absolute atomic E-state index is 0.00459. The summed E-state index contributed by atoms with van der Waals surface area (Å²) in [6.07, 6.45) is 5.30. The van der Waals surface area contributed by atoms with Gasteiger partial charge in [0.05, 0.1) is 4.90 Å². The fourth-order valence-corrected chi connectivity index (χ4v) is 5.04. The summed E-state index contributed by atoms with van der Waals surface area (Å²) in [5.74, 6) is -0.00459. The zero-order chi connectivity index (χ0) is 18.7. The van der Waals surface area contributed by atoms with Crippen LogP contribution in [0.3, 0.4) is 0 Å². The highest BCUT2D eigenvalue weighted by Gasteiger charge is 2.24. The summed E-state index contributed by atoms with van der Waals surface area (Å²) in [5, 5.41) is 0. The normalized spacial score (nSPS) is 19.8. The van der Waals surface area contributed by atoms with Crippen LogP contribution in [0.1, 0.15) is 45.1 Å². The van der Waals surface area contributed by atoms with Crippen LogP contribution in [0.15, 0.2) is 23.1 Å². The van der Waals surface area contributed by atoms with Crippen molar-refractivity contribution in [2.75, 3.05) is 31.1 Å². The molecule has 1 fully saturated rings. The first-order valence-electron chi connectivity index (χ1n) is 9.53. The number of nitrogens with one attached hydrogen (secondary N) is 1. The molecule has 0 aliphatic carbocycles. The van der Waals surface area contributed by atoms with Crippen LogP contribution in [-0.2, 0) is 21.2 Å². The molecule has 1 N–H and O–H groups in total. The lowest BCUT2D eigenvalue weighted by Gasteiger charge is -2.32. The Bertz CT molecular complexity index is 757. The van der Waals surface area contributed by atoms with Gasteiger partial charge < -0.3 is 4.90 Å². The van der Waals surface area contributed by atoms with E-state index in [0.29, 0.717) is 13.1 Å². The minimum Gasteiger partial charge on any atom is -0.312 e. The van der Waals surface area contributed by atoms with Crippen molar-refractivity contribution < 1.29 is 13.2 Å². The lowest BCUT2D eigenvalue weighted by atomic mass is 10.0. The van der Waals surface area contributed by atoms with E-state index in [1.165, 1.54) is 19.3 Å². The molecule has 2 aliphatic rings. The van der Waals surface area contributed by atoms with Gasteiger partial charge >= 0.3 is 0 Å². The molecule has 1 saturated heterocycles. The first-order valence-corrected chi connectivity index (χ1v) is 11.0.